The van der Waals surface area contributed by atoms with Crippen molar-refractivity contribution in [2.45, 2.75) is 17.7 Å². The average molecular weight is 349 g/mol. The second-order valence-corrected chi connectivity index (χ2v) is 7.73. The summed E-state index contributed by atoms with van der Waals surface area (Å²) in [5, 5.41) is 12.1. The molecular weight excluding hydrogens is 330 g/mol. The van der Waals surface area contributed by atoms with Crippen LogP contribution in [-0.4, -0.2) is 41.4 Å². The van der Waals surface area contributed by atoms with Gasteiger partial charge in [0.2, 0.25) is 10.0 Å². The van der Waals surface area contributed by atoms with E-state index in [1.807, 2.05) is 0 Å². The zero-order chi connectivity index (χ0) is 17.3. The molecule has 1 aromatic heterocycles. The van der Waals surface area contributed by atoms with E-state index in [1.54, 1.807) is 19.2 Å². The molecule has 0 bridgehead atoms. The van der Waals surface area contributed by atoms with Crippen LogP contribution in [-0.2, 0) is 17.1 Å². The zero-order valence-electron chi connectivity index (χ0n) is 13.3. The van der Waals surface area contributed by atoms with Crippen LogP contribution in [0.15, 0.2) is 41.4 Å². The minimum Gasteiger partial charge on any atom is -0.508 e. The van der Waals surface area contributed by atoms with E-state index in [4.69, 9.17) is 0 Å². The van der Waals surface area contributed by atoms with Crippen LogP contribution in [0.3, 0.4) is 0 Å². The molecule has 0 saturated carbocycles. The number of carbonyl (C=O) groups is 1. The molecule has 128 valence electrons. The lowest BCUT2D eigenvalue weighted by Gasteiger charge is -2.13. The number of carbonyl (C=O) groups excluding carboxylic acids is 1. The van der Waals surface area contributed by atoms with Crippen LogP contribution in [0.5, 0.6) is 5.75 Å². The fourth-order valence-corrected chi connectivity index (χ4v) is 4.35. The molecular formula is C16H19N3O4S. The van der Waals surface area contributed by atoms with Gasteiger partial charge in [0.05, 0.1) is 0 Å². The van der Waals surface area contributed by atoms with Gasteiger partial charge in [-0.1, -0.05) is 6.07 Å². The number of nitrogens with zero attached hydrogens (tertiary/aromatic N) is 2. The molecule has 0 spiro atoms. The van der Waals surface area contributed by atoms with Crippen molar-refractivity contribution in [3.8, 4) is 5.75 Å². The number of sulfonamides is 1. The number of rotatable bonds is 4. The molecule has 24 heavy (non-hydrogen) atoms. The van der Waals surface area contributed by atoms with E-state index in [2.05, 4.69) is 5.32 Å². The Morgan fingerprint density at radius 1 is 1.21 bits per heavy atom. The normalized spacial score (nSPS) is 15.5. The van der Waals surface area contributed by atoms with Crippen LogP contribution in [0.4, 0.5) is 5.69 Å². The number of hydrogen-bond donors (Lipinski definition) is 2. The quantitative estimate of drug-likeness (QED) is 0.880. The third-order valence-electron chi connectivity index (χ3n) is 4.02. The number of nitrogens with one attached hydrogen (secondary N) is 1. The molecule has 0 unspecified atom stereocenters. The maximum atomic E-state index is 12.6. The summed E-state index contributed by atoms with van der Waals surface area (Å²) < 4.78 is 28.1. The number of phenols is 1. The van der Waals surface area contributed by atoms with E-state index in [9.17, 15) is 18.3 Å². The first-order chi connectivity index (χ1) is 11.4. The Hall–Kier alpha value is -2.32. The Bertz CT molecular complexity index is 867. The maximum Gasteiger partial charge on any atom is 0.272 e. The maximum absolute atomic E-state index is 12.6. The summed E-state index contributed by atoms with van der Waals surface area (Å²) in [6.45, 7) is 1.03. The summed E-state index contributed by atoms with van der Waals surface area (Å²) in [5.41, 5.74) is 0.668. The van der Waals surface area contributed by atoms with Crippen LogP contribution < -0.4 is 5.32 Å². The third kappa shape index (κ3) is 3.15. The Labute approximate surface area is 140 Å². The first-order valence-electron chi connectivity index (χ1n) is 7.65. The third-order valence-corrected chi connectivity index (χ3v) is 5.88. The van der Waals surface area contributed by atoms with Crippen molar-refractivity contribution in [2.75, 3.05) is 18.4 Å². The number of hydrogen-bond acceptors (Lipinski definition) is 4. The molecule has 8 heteroatoms. The summed E-state index contributed by atoms with van der Waals surface area (Å²) in [7, 11) is -1.94. The predicted molar refractivity (Wildman–Crippen MR) is 89.5 cm³/mol. The lowest BCUT2D eigenvalue weighted by molar-refractivity contribution is 0.101. The Kier molecular flexibility index (Phi) is 4.33. The SMILES string of the molecule is Cn1cc(S(=O)(=O)N2CCCC2)cc1C(=O)Nc1cccc(O)c1. The van der Waals surface area contributed by atoms with Crippen LogP contribution in [0.2, 0.25) is 0 Å². The molecule has 1 saturated heterocycles. The van der Waals surface area contributed by atoms with Crippen molar-refractivity contribution in [3.05, 3.63) is 42.2 Å². The summed E-state index contributed by atoms with van der Waals surface area (Å²) in [6, 6.07) is 7.55. The van der Waals surface area contributed by atoms with E-state index >= 15 is 0 Å². The van der Waals surface area contributed by atoms with E-state index in [0.29, 0.717) is 18.8 Å². The standard InChI is InChI=1S/C16H19N3O4S/c1-18-11-14(24(22,23)19-7-2-3-8-19)10-15(18)16(21)17-12-5-4-6-13(20)9-12/h4-6,9-11,20H,2-3,7-8H2,1H3,(H,17,21). The monoisotopic (exact) mass is 349 g/mol. The molecule has 0 aliphatic carbocycles. The van der Waals surface area contributed by atoms with Crippen LogP contribution >= 0.6 is 0 Å². The van der Waals surface area contributed by atoms with Crippen LogP contribution in [0.25, 0.3) is 0 Å². The lowest BCUT2D eigenvalue weighted by Crippen LogP contribution is -2.27. The number of aromatic hydroxyl groups is 1. The van der Waals surface area contributed by atoms with Crippen molar-refractivity contribution < 1.29 is 18.3 Å². The van der Waals surface area contributed by atoms with E-state index in [1.165, 1.54) is 33.3 Å². The first-order valence-corrected chi connectivity index (χ1v) is 9.09. The van der Waals surface area contributed by atoms with Gasteiger partial charge >= 0.3 is 0 Å². The predicted octanol–water partition coefficient (Wildman–Crippen LogP) is 1.77. The molecule has 1 fully saturated rings. The van der Waals surface area contributed by atoms with Crippen LogP contribution in [0, 0.1) is 0 Å². The minimum atomic E-state index is -3.56. The molecule has 7 nitrogen and oxygen atoms in total. The van der Waals surface area contributed by atoms with Gasteiger partial charge in [-0.2, -0.15) is 4.31 Å². The van der Waals surface area contributed by atoms with Gasteiger partial charge in [-0.3, -0.25) is 4.79 Å². The number of anilines is 1. The highest BCUT2D eigenvalue weighted by Gasteiger charge is 2.29. The van der Waals surface area contributed by atoms with Gasteiger partial charge < -0.3 is 15.0 Å². The number of aromatic nitrogens is 1. The minimum absolute atomic E-state index is 0.0389. The zero-order valence-corrected chi connectivity index (χ0v) is 14.1. The summed E-state index contributed by atoms with van der Waals surface area (Å²) in [5.74, 6) is -0.400. The van der Waals surface area contributed by atoms with Crippen LogP contribution in [0.1, 0.15) is 23.3 Å². The number of amides is 1. The molecule has 2 N–H and O–H groups in total. The molecule has 1 aromatic carbocycles. The fraction of sp³-hybridized carbons (Fsp3) is 0.312. The Morgan fingerprint density at radius 3 is 2.58 bits per heavy atom. The number of phenolic OH excluding ortho intramolecular Hbond substituents is 1. The molecule has 2 aromatic rings. The molecule has 2 heterocycles. The van der Waals surface area contributed by atoms with Crippen molar-refractivity contribution in [1.82, 2.24) is 8.87 Å². The van der Waals surface area contributed by atoms with Gasteiger partial charge in [-0.05, 0) is 31.0 Å². The highest BCUT2D eigenvalue weighted by atomic mass is 32.2. The van der Waals surface area contributed by atoms with Crippen molar-refractivity contribution in [3.63, 3.8) is 0 Å². The number of benzene rings is 1. The van der Waals surface area contributed by atoms with Gasteiger partial charge in [0.15, 0.2) is 0 Å². The Balaban J connectivity index is 1.84. The van der Waals surface area contributed by atoms with E-state index < -0.39 is 15.9 Å². The van der Waals surface area contributed by atoms with Crippen molar-refractivity contribution in [2.24, 2.45) is 7.05 Å². The van der Waals surface area contributed by atoms with Gasteiger partial charge in [-0.25, -0.2) is 8.42 Å². The smallest absolute Gasteiger partial charge is 0.272 e. The Morgan fingerprint density at radius 2 is 1.92 bits per heavy atom. The van der Waals surface area contributed by atoms with Gasteiger partial charge in [0.1, 0.15) is 16.3 Å². The number of aryl methyl sites for hydroxylation is 1. The van der Waals surface area contributed by atoms with Gasteiger partial charge in [-0.15, -0.1) is 0 Å². The fourth-order valence-electron chi connectivity index (χ4n) is 2.76. The topological polar surface area (TPSA) is 91.6 Å². The van der Waals surface area contributed by atoms with Gasteiger partial charge in [0.25, 0.3) is 5.91 Å². The van der Waals surface area contributed by atoms with E-state index in [0.717, 1.165) is 12.8 Å². The van der Waals surface area contributed by atoms with Crippen molar-refractivity contribution in [1.29, 1.82) is 0 Å². The molecule has 1 amide bonds. The summed E-state index contributed by atoms with van der Waals surface area (Å²) >= 11 is 0. The first kappa shape index (κ1) is 16.5. The lowest BCUT2D eigenvalue weighted by atomic mass is 10.3. The summed E-state index contributed by atoms with van der Waals surface area (Å²) in [6.07, 6.45) is 3.17. The highest BCUT2D eigenvalue weighted by Crippen LogP contribution is 2.23. The molecule has 1 aliphatic rings. The molecule has 1 aliphatic heterocycles. The van der Waals surface area contributed by atoms with Gasteiger partial charge in [0, 0.05) is 38.1 Å². The molecule has 3 rings (SSSR count). The largest absolute Gasteiger partial charge is 0.508 e. The second-order valence-electron chi connectivity index (χ2n) is 5.79. The summed E-state index contributed by atoms with van der Waals surface area (Å²) in [4.78, 5) is 12.5. The highest BCUT2D eigenvalue weighted by molar-refractivity contribution is 7.89. The average Bonchev–Trinajstić information content (AvgIpc) is 3.17. The second kappa shape index (κ2) is 6.29. The van der Waals surface area contributed by atoms with Crippen molar-refractivity contribution >= 4 is 21.6 Å². The van der Waals surface area contributed by atoms with E-state index in [-0.39, 0.29) is 16.3 Å². The molecule has 0 atom stereocenters. The molecule has 0 radical (unpaired) electrons.